The number of aryl methyl sites for hydroxylation is 1. The maximum Gasteiger partial charge on any atom is 0.227 e. The van der Waals surface area contributed by atoms with Crippen molar-refractivity contribution in [2.45, 2.75) is 33.2 Å². The largest absolute Gasteiger partial charge is 0.460 e. The topological polar surface area (TPSA) is 42.2 Å². The molecule has 2 aromatic rings. The molecule has 0 radical (unpaired) electrons. The highest BCUT2D eigenvalue weighted by Gasteiger charge is 2.14. The van der Waals surface area contributed by atoms with Crippen LogP contribution in [0.2, 0.25) is 0 Å². The number of hydrogen-bond donors (Lipinski definition) is 1. The zero-order valence-electron chi connectivity index (χ0n) is 10.7. The van der Waals surface area contributed by atoms with Crippen LogP contribution in [0.3, 0.4) is 0 Å². The Balaban J connectivity index is 2.29. The predicted molar refractivity (Wildman–Crippen MR) is 67.9 cm³/mol. The van der Waals surface area contributed by atoms with Gasteiger partial charge in [-0.1, -0.05) is 0 Å². The van der Waals surface area contributed by atoms with E-state index in [4.69, 9.17) is 4.42 Å². The Labute approximate surface area is 105 Å². The second kappa shape index (κ2) is 4.80. The van der Waals surface area contributed by atoms with Crippen molar-refractivity contribution in [1.82, 2.24) is 5.32 Å². The average Bonchev–Trinajstić information content (AvgIpc) is 2.55. The number of carbonyl (C=O) groups excluding carboxylic acids is 1. The van der Waals surface area contributed by atoms with Gasteiger partial charge in [-0.3, -0.25) is 4.79 Å². The Morgan fingerprint density at radius 1 is 1.44 bits per heavy atom. The number of nitrogens with one attached hydrogen (secondary N) is 1. The summed E-state index contributed by atoms with van der Waals surface area (Å²) in [5.41, 5.74) is 1.43. The molecule has 1 heterocycles. The number of fused-ring (bicyclic) bond motifs is 1. The molecule has 0 saturated heterocycles. The smallest absolute Gasteiger partial charge is 0.227 e. The second-order valence-corrected chi connectivity index (χ2v) is 4.69. The molecule has 0 bridgehead atoms. The molecule has 0 aliphatic rings. The summed E-state index contributed by atoms with van der Waals surface area (Å²) in [6.45, 7) is 5.64. The molecule has 2 rings (SSSR count). The molecule has 1 aromatic heterocycles. The van der Waals surface area contributed by atoms with Crippen molar-refractivity contribution >= 4 is 16.9 Å². The third kappa shape index (κ3) is 2.53. The van der Waals surface area contributed by atoms with Crippen LogP contribution in [0, 0.1) is 12.7 Å². The van der Waals surface area contributed by atoms with Crippen molar-refractivity contribution in [1.29, 1.82) is 0 Å². The first-order valence-electron chi connectivity index (χ1n) is 5.94. The van der Waals surface area contributed by atoms with E-state index in [9.17, 15) is 9.18 Å². The van der Waals surface area contributed by atoms with Crippen LogP contribution >= 0.6 is 0 Å². The molecule has 1 aromatic carbocycles. The van der Waals surface area contributed by atoms with Crippen LogP contribution in [0.5, 0.6) is 0 Å². The molecule has 18 heavy (non-hydrogen) atoms. The Kier molecular flexibility index (Phi) is 3.36. The molecule has 96 valence electrons. The summed E-state index contributed by atoms with van der Waals surface area (Å²) in [4.78, 5) is 11.7. The first-order chi connectivity index (χ1) is 8.47. The van der Waals surface area contributed by atoms with E-state index in [1.54, 1.807) is 6.07 Å². The summed E-state index contributed by atoms with van der Waals surface area (Å²) >= 11 is 0. The normalized spacial score (nSPS) is 11.2. The summed E-state index contributed by atoms with van der Waals surface area (Å²) in [5, 5.41) is 3.53. The summed E-state index contributed by atoms with van der Waals surface area (Å²) < 4.78 is 18.7. The summed E-state index contributed by atoms with van der Waals surface area (Å²) in [6.07, 6.45) is 0.181. The number of hydrogen-bond acceptors (Lipinski definition) is 2. The van der Waals surface area contributed by atoms with Crippen LogP contribution in [-0.4, -0.2) is 11.9 Å². The van der Waals surface area contributed by atoms with Crippen LogP contribution < -0.4 is 5.32 Å². The number of amides is 1. The Bertz CT molecular complexity index is 587. The van der Waals surface area contributed by atoms with Gasteiger partial charge < -0.3 is 9.73 Å². The third-order valence-electron chi connectivity index (χ3n) is 2.77. The number of carbonyl (C=O) groups is 1. The van der Waals surface area contributed by atoms with E-state index in [-0.39, 0.29) is 24.2 Å². The fourth-order valence-corrected chi connectivity index (χ4v) is 1.93. The van der Waals surface area contributed by atoms with Crippen LogP contribution in [-0.2, 0) is 11.2 Å². The molecular weight excluding hydrogens is 233 g/mol. The van der Waals surface area contributed by atoms with Crippen LogP contribution in [0.4, 0.5) is 4.39 Å². The van der Waals surface area contributed by atoms with Gasteiger partial charge in [-0.15, -0.1) is 0 Å². The predicted octanol–water partition coefficient (Wildman–Crippen LogP) is 2.95. The van der Waals surface area contributed by atoms with Gasteiger partial charge in [-0.2, -0.15) is 0 Å². The van der Waals surface area contributed by atoms with Crippen LogP contribution in [0.1, 0.15) is 25.2 Å². The standard InChI is InChI=1S/C14H16FNO2/c1-8(2)16-14(17)7-13-9(3)11-6-10(15)4-5-12(11)18-13/h4-6,8H,7H2,1-3H3,(H,16,17). The van der Waals surface area contributed by atoms with Gasteiger partial charge in [-0.25, -0.2) is 4.39 Å². The minimum absolute atomic E-state index is 0.0902. The molecule has 1 N–H and O–H groups in total. The summed E-state index contributed by atoms with van der Waals surface area (Å²) in [7, 11) is 0. The fraction of sp³-hybridized carbons (Fsp3) is 0.357. The number of halogens is 1. The average molecular weight is 249 g/mol. The lowest BCUT2D eigenvalue weighted by atomic mass is 10.1. The highest BCUT2D eigenvalue weighted by atomic mass is 19.1. The van der Waals surface area contributed by atoms with E-state index in [1.807, 2.05) is 20.8 Å². The van der Waals surface area contributed by atoms with Crippen molar-refractivity contribution in [2.24, 2.45) is 0 Å². The molecule has 0 atom stereocenters. The van der Waals surface area contributed by atoms with Gasteiger partial charge in [0.15, 0.2) is 0 Å². The molecule has 0 aliphatic heterocycles. The molecule has 3 nitrogen and oxygen atoms in total. The van der Waals surface area contributed by atoms with Crippen molar-refractivity contribution in [3.8, 4) is 0 Å². The van der Waals surface area contributed by atoms with Gasteiger partial charge in [0.25, 0.3) is 0 Å². The van der Waals surface area contributed by atoms with Crippen molar-refractivity contribution in [2.75, 3.05) is 0 Å². The highest BCUT2D eigenvalue weighted by molar-refractivity contribution is 5.85. The third-order valence-corrected chi connectivity index (χ3v) is 2.77. The summed E-state index contributed by atoms with van der Waals surface area (Å²) in [6, 6.07) is 4.46. The molecular formula is C14H16FNO2. The maximum atomic E-state index is 13.1. The lowest BCUT2D eigenvalue weighted by Gasteiger charge is -2.06. The second-order valence-electron chi connectivity index (χ2n) is 4.69. The highest BCUT2D eigenvalue weighted by Crippen LogP contribution is 2.26. The van der Waals surface area contributed by atoms with Gasteiger partial charge in [0.2, 0.25) is 5.91 Å². The van der Waals surface area contributed by atoms with Crippen molar-refractivity contribution < 1.29 is 13.6 Å². The van der Waals surface area contributed by atoms with E-state index in [0.717, 1.165) is 10.9 Å². The van der Waals surface area contributed by atoms with Crippen LogP contribution in [0.15, 0.2) is 22.6 Å². The van der Waals surface area contributed by atoms with E-state index >= 15 is 0 Å². The van der Waals surface area contributed by atoms with Gasteiger partial charge in [0, 0.05) is 11.4 Å². The fourth-order valence-electron chi connectivity index (χ4n) is 1.93. The maximum absolute atomic E-state index is 13.1. The summed E-state index contributed by atoms with van der Waals surface area (Å²) in [5.74, 6) is 0.200. The van der Waals surface area contributed by atoms with Crippen molar-refractivity contribution in [3.05, 3.63) is 35.3 Å². The van der Waals surface area contributed by atoms with Gasteiger partial charge in [0.05, 0.1) is 6.42 Å². The van der Waals surface area contributed by atoms with Gasteiger partial charge >= 0.3 is 0 Å². The zero-order chi connectivity index (χ0) is 13.3. The zero-order valence-corrected chi connectivity index (χ0v) is 10.7. The first kappa shape index (κ1) is 12.6. The molecule has 0 aliphatic carbocycles. The minimum atomic E-state index is -0.301. The van der Waals surface area contributed by atoms with E-state index < -0.39 is 0 Å². The SMILES string of the molecule is Cc1c(CC(=O)NC(C)C)oc2ccc(F)cc12. The quantitative estimate of drug-likeness (QED) is 0.908. The lowest BCUT2D eigenvalue weighted by Crippen LogP contribution is -2.31. The lowest BCUT2D eigenvalue weighted by molar-refractivity contribution is -0.121. The Morgan fingerprint density at radius 2 is 2.17 bits per heavy atom. The van der Waals surface area contributed by atoms with Gasteiger partial charge in [-0.05, 0) is 44.5 Å². The molecule has 0 spiro atoms. The molecule has 4 heteroatoms. The van der Waals surface area contributed by atoms with Crippen molar-refractivity contribution in [3.63, 3.8) is 0 Å². The minimum Gasteiger partial charge on any atom is -0.460 e. The Hall–Kier alpha value is -1.84. The Morgan fingerprint density at radius 3 is 2.83 bits per heavy atom. The number of benzene rings is 1. The molecule has 0 saturated carbocycles. The van der Waals surface area contributed by atoms with E-state index in [1.165, 1.54) is 12.1 Å². The van der Waals surface area contributed by atoms with Crippen LogP contribution in [0.25, 0.3) is 11.0 Å². The molecule has 0 fully saturated rings. The van der Waals surface area contributed by atoms with E-state index in [2.05, 4.69) is 5.32 Å². The number of rotatable bonds is 3. The number of furan rings is 1. The van der Waals surface area contributed by atoms with Gasteiger partial charge in [0.1, 0.15) is 17.2 Å². The van der Waals surface area contributed by atoms with E-state index in [0.29, 0.717) is 11.3 Å². The monoisotopic (exact) mass is 249 g/mol. The molecule has 1 amide bonds. The molecule has 0 unspecified atom stereocenters. The first-order valence-corrected chi connectivity index (χ1v) is 5.94.